The number of esters is 1. The molecule has 1 saturated carbocycles. The maximum atomic E-state index is 13.3. The Hall–Kier alpha value is -3.11. The lowest BCUT2D eigenvalue weighted by molar-refractivity contribution is -0.141. The summed E-state index contributed by atoms with van der Waals surface area (Å²) in [5.41, 5.74) is -3.93. The number of rotatable bonds is 2. The minimum absolute atomic E-state index is 0.0458. The van der Waals surface area contributed by atoms with Crippen molar-refractivity contribution in [3.05, 3.63) is 64.5 Å². The largest absolute Gasteiger partial charge is 0.449 e. The molecule has 3 aliphatic rings. The monoisotopic (exact) mass is 470 g/mol. The Morgan fingerprint density at radius 3 is 2.24 bits per heavy atom. The van der Waals surface area contributed by atoms with Crippen LogP contribution in [0.25, 0.3) is 0 Å². The smallest absolute Gasteiger partial charge is 0.433 e. The number of alkyl halides is 6. The molecule has 1 aliphatic carbocycles. The average Bonchev–Trinajstić information content (AvgIpc) is 3.38. The Kier molecular flexibility index (Phi) is 4.41. The van der Waals surface area contributed by atoms with E-state index in [-0.39, 0.29) is 36.5 Å². The summed E-state index contributed by atoms with van der Waals surface area (Å²) in [7, 11) is 0. The molecule has 1 saturated heterocycles. The SMILES string of the molecule is O=C1OC2(CCN(C(=O)C3(c4ccc(C(F)(F)F)cc4)CC3)C2)c2cc(C(F)(F)F)ncc21. The number of nitrogens with zero attached hydrogens (tertiary/aromatic N) is 2. The summed E-state index contributed by atoms with van der Waals surface area (Å²) < 4.78 is 83.6. The van der Waals surface area contributed by atoms with Crippen LogP contribution in [-0.2, 0) is 32.9 Å². The van der Waals surface area contributed by atoms with E-state index in [9.17, 15) is 35.9 Å². The average molecular weight is 470 g/mol. The second-order valence-corrected chi connectivity index (χ2v) is 8.63. The number of ether oxygens (including phenoxy) is 1. The Balaban J connectivity index is 1.41. The first-order valence-corrected chi connectivity index (χ1v) is 10.1. The van der Waals surface area contributed by atoms with Crippen LogP contribution in [0.4, 0.5) is 26.3 Å². The van der Waals surface area contributed by atoms with E-state index in [4.69, 9.17) is 4.74 Å². The molecule has 0 radical (unpaired) electrons. The van der Waals surface area contributed by atoms with E-state index in [0.717, 1.165) is 24.4 Å². The molecule has 1 aromatic heterocycles. The number of hydrogen-bond acceptors (Lipinski definition) is 4. The summed E-state index contributed by atoms with van der Waals surface area (Å²) in [6.45, 7) is 0.00583. The fraction of sp³-hybridized carbons (Fsp3) is 0.409. The first-order chi connectivity index (χ1) is 15.4. The van der Waals surface area contributed by atoms with E-state index < -0.39 is 40.6 Å². The number of carbonyl (C=O) groups is 2. The Bertz CT molecular complexity index is 1150. The van der Waals surface area contributed by atoms with Crippen molar-refractivity contribution >= 4 is 11.9 Å². The summed E-state index contributed by atoms with van der Waals surface area (Å²) in [5.74, 6) is -1.14. The number of carbonyl (C=O) groups excluding carboxylic acids is 2. The molecule has 2 aromatic rings. The number of amides is 1. The zero-order chi connectivity index (χ0) is 23.8. The highest BCUT2D eigenvalue weighted by molar-refractivity contribution is 5.95. The number of halogens is 6. The molecule has 1 aromatic carbocycles. The predicted octanol–water partition coefficient (Wildman–Crippen LogP) is 4.45. The van der Waals surface area contributed by atoms with E-state index >= 15 is 0 Å². The first kappa shape index (κ1) is 21.7. The topological polar surface area (TPSA) is 59.5 Å². The highest BCUT2D eigenvalue weighted by atomic mass is 19.4. The van der Waals surface area contributed by atoms with Crippen LogP contribution in [0.1, 0.15) is 52.0 Å². The quantitative estimate of drug-likeness (QED) is 0.481. The molecule has 0 bridgehead atoms. The Morgan fingerprint density at radius 2 is 1.67 bits per heavy atom. The molecule has 1 atom stereocenters. The van der Waals surface area contributed by atoms with E-state index in [2.05, 4.69) is 4.98 Å². The van der Waals surface area contributed by atoms with Crippen molar-refractivity contribution in [2.24, 2.45) is 0 Å². The number of benzene rings is 1. The van der Waals surface area contributed by atoms with Gasteiger partial charge in [0.15, 0.2) is 5.60 Å². The van der Waals surface area contributed by atoms with Gasteiger partial charge in [-0.05, 0) is 36.6 Å². The number of pyridine rings is 1. The van der Waals surface area contributed by atoms with Crippen molar-refractivity contribution in [3.8, 4) is 0 Å². The van der Waals surface area contributed by atoms with Gasteiger partial charge in [-0.2, -0.15) is 26.3 Å². The lowest BCUT2D eigenvalue weighted by Gasteiger charge is -2.27. The van der Waals surface area contributed by atoms with E-state index in [1.165, 1.54) is 17.0 Å². The van der Waals surface area contributed by atoms with Gasteiger partial charge in [-0.25, -0.2) is 4.79 Å². The molecule has 1 unspecified atom stereocenters. The summed E-state index contributed by atoms with van der Waals surface area (Å²) >= 11 is 0. The zero-order valence-electron chi connectivity index (χ0n) is 16.9. The molecule has 2 fully saturated rings. The number of likely N-dealkylation sites (tertiary alicyclic amines) is 1. The van der Waals surface area contributed by atoms with Crippen LogP contribution in [0.3, 0.4) is 0 Å². The normalized spacial score (nSPS) is 23.6. The van der Waals surface area contributed by atoms with Gasteiger partial charge in [0.1, 0.15) is 5.69 Å². The lowest BCUT2D eigenvalue weighted by atomic mass is 9.91. The maximum absolute atomic E-state index is 13.3. The van der Waals surface area contributed by atoms with Crippen LogP contribution in [0.15, 0.2) is 36.5 Å². The highest BCUT2D eigenvalue weighted by Gasteiger charge is 2.58. The van der Waals surface area contributed by atoms with Crippen LogP contribution in [-0.4, -0.2) is 34.8 Å². The van der Waals surface area contributed by atoms with E-state index in [1.807, 2.05) is 0 Å². The predicted molar refractivity (Wildman–Crippen MR) is 99.9 cm³/mol. The highest BCUT2D eigenvalue weighted by Crippen LogP contribution is 2.52. The number of fused-ring (bicyclic) bond motifs is 2. The summed E-state index contributed by atoms with van der Waals surface area (Å²) in [6, 6.07) is 5.21. The molecule has 5 nitrogen and oxygen atoms in total. The number of hydrogen-bond donors (Lipinski definition) is 0. The van der Waals surface area contributed by atoms with Crippen LogP contribution in [0.5, 0.6) is 0 Å². The van der Waals surface area contributed by atoms with Gasteiger partial charge in [-0.1, -0.05) is 12.1 Å². The molecule has 174 valence electrons. The zero-order valence-corrected chi connectivity index (χ0v) is 16.9. The van der Waals surface area contributed by atoms with Gasteiger partial charge in [0.25, 0.3) is 0 Å². The molecule has 2 aliphatic heterocycles. The van der Waals surface area contributed by atoms with Crippen molar-refractivity contribution in [2.45, 2.75) is 42.6 Å². The van der Waals surface area contributed by atoms with E-state index in [0.29, 0.717) is 18.4 Å². The second kappa shape index (κ2) is 6.71. The lowest BCUT2D eigenvalue weighted by Crippen LogP contribution is -2.40. The number of aromatic nitrogens is 1. The maximum Gasteiger partial charge on any atom is 0.433 e. The third-order valence-electron chi connectivity index (χ3n) is 6.64. The van der Waals surface area contributed by atoms with Gasteiger partial charge in [-0.3, -0.25) is 9.78 Å². The van der Waals surface area contributed by atoms with Crippen molar-refractivity contribution in [1.82, 2.24) is 9.88 Å². The molecule has 5 rings (SSSR count). The van der Waals surface area contributed by atoms with Gasteiger partial charge in [0.05, 0.1) is 23.1 Å². The summed E-state index contributed by atoms with van der Waals surface area (Å²) in [4.78, 5) is 30.3. The minimum Gasteiger partial charge on any atom is -0.449 e. The third kappa shape index (κ3) is 3.36. The fourth-order valence-corrected chi connectivity index (χ4v) is 4.73. The van der Waals surface area contributed by atoms with Gasteiger partial charge in [-0.15, -0.1) is 0 Å². The molecule has 11 heteroatoms. The fourth-order valence-electron chi connectivity index (χ4n) is 4.73. The van der Waals surface area contributed by atoms with Crippen molar-refractivity contribution in [2.75, 3.05) is 13.1 Å². The minimum atomic E-state index is -4.71. The molecule has 0 N–H and O–H groups in total. The standard InChI is InChI=1S/C22H16F6N2O3/c23-21(24,25)13-3-1-12(2-4-13)19(5-6-19)18(32)30-8-7-20(11-30)15-9-16(22(26,27)28)29-10-14(15)17(31)33-20/h1-4,9-10H,5-8,11H2. The summed E-state index contributed by atoms with van der Waals surface area (Å²) in [6.07, 6.45) is -7.37. The Labute approximate surface area is 183 Å². The molecule has 1 spiro atoms. The van der Waals surface area contributed by atoms with Crippen LogP contribution in [0.2, 0.25) is 0 Å². The van der Waals surface area contributed by atoms with Gasteiger partial charge >= 0.3 is 18.3 Å². The van der Waals surface area contributed by atoms with Gasteiger partial charge < -0.3 is 9.64 Å². The van der Waals surface area contributed by atoms with Crippen LogP contribution >= 0.6 is 0 Å². The first-order valence-electron chi connectivity index (χ1n) is 10.1. The molecular formula is C22H16F6N2O3. The van der Waals surface area contributed by atoms with Crippen molar-refractivity contribution in [1.29, 1.82) is 0 Å². The van der Waals surface area contributed by atoms with Crippen molar-refractivity contribution < 1.29 is 40.7 Å². The molecule has 33 heavy (non-hydrogen) atoms. The molecular weight excluding hydrogens is 454 g/mol. The second-order valence-electron chi connectivity index (χ2n) is 8.63. The van der Waals surface area contributed by atoms with E-state index in [1.54, 1.807) is 0 Å². The van der Waals surface area contributed by atoms with Gasteiger partial charge in [0, 0.05) is 24.7 Å². The van der Waals surface area contributed by atoms with Crippen LogP contribution in [0, 0.1) is 0 Å². The van der Waals surface area contributed by atoms with Crippen LogP contribution < -0.4 is 0 Å². The summed E-state index contributed by atoms with van der Waals surface area (Å²) in [5, 5.41) is 0. The molecule has 1 amide bonds. The van der Waals surface area contributed by atoms with Gasteiger partial charge in [0.2, 0.25) is 5.91 Å². The third-order valence-corrected chi connectivity index (χ3v) is 6.64. The molecule has 3 heterocycles. The van der Waals surface area contributed by atoms with Crippen molar-refractivity contribution in [3.63, 3.8) is 0 Å². The Morgan fingerprint density at radius 1 is 1.00 bits per heavy atom.